The van der Waals surface area contributed by atoms with Crippen molar-refractivity contribution in [3.8, 4) is 0 Å². The molecule has 6 nitrogen and oxygen atoms in total. The fraction of sp³-hybridized carbons (Fsp3) is 0.450. The number of amides is 1. The Morgan fingerprint density at radius 1 is 1.23 bits per heavy atom. The summed E-state index contributed by atoms with van der Waals surface area (Å²) in [4.78, 5) is 25.6. The van der Waals surface area contributed by atoms with Crippen LogP contribution < -0.4 is 0 Å². The van der Waals surface area contributed by atoms with E-state index in [-0.39, 0.29) is 12.0 Å². The van der Waals surface area contributed by atoms with Crippen molar-refractivity contribution in [1.82, 2.24) is 19.8 Å². The summed E-state index contributed by atoms with van der Waals surface area (Å²) in [5.74, 6) is 0.0751. The highest BCUT2D eigenvalue weighted by Crippen LogP contribution is 2.25. The Balaban J connectivity index is 1.32. The van der Waals surface area contributed by atoms with Gasteiger partial charge in [-0.1, -0.05) is 6.07 Å². The van der Waals surface area contributed by atoms with Crippen molar-refractivity contribution < 1.29 is 9.53 Å². The summed E-state index contributed by atoms with van der Waals surface area (Å²) in [6, 6.07) is 10.0. The molecule has 2 aromatic heterocycles. The molecular formula is C20H24N4O2. The predicted molar refractivity (Wildman–Crippen MR) is 97.7 cm³/mol. The lowest BCUT2D eigenvalue weighted by Gasteiger charge is -2.37. The molecule has 0 aromatic carbocycles. The SMILES string of the molecule is Cc1cccc(CO[C@@H]2C[C@H]3CN(C(=O)c4cccnc4)CCN3C2)n1. The van der Waals surface area contributed by atoms with Crippen molar-refractivity contribution >= 4 is 5.91 Å². The van der Waals surface area contributed by atoms with Crippen LogP contribution in [0.1, 0.15) is 28.2 Å². The zero-order valence-electron chi connectivity index (χ0n) is 15.0. The minimum Gasteiger partial charge on any atom is -0.371 e. The number of hydrogen-bond donors (Lipinski definition) is 0. The molecule has 0 unspecified atom stereocenters. The van der Waals surface area contributed by atoms with E-state index in [1.54, 1.807) is 12.4 Å². The molecule has 136 valence electrons. The Hall–Kier alpha value is -2.31. The van der Waals surface area contributed by atoms with Crippen LogP contribution in [-0.4, -0.2) is 64.0 Å². The van der Waals surface area contributed by atoms with Crippen molar-refractivity contribution in [1.29, 1.82) is 0 Å². The molecule has 4 rings (SSSR count). The maximum Gasteiger partial charge on any atom is 0.255 e. The molecule has 2 atom stereocenters. The first-order chi connectivity index (χ1) is 12.7. The second kappa shape index (κ2) is 7.51. The summed E-state index contributed by atoms with van der Waals surface area (Å²) >= 11 is 0. The van der Waals surface area contributed by atoms with Crippen molar-refractivity contribution in [2.75, 3.05) is 26.2 Å². The molecule has 0 aliphatic carbocycles. The summed E-state index contributed by atoms with van der Waals surface area (Å²) in [6.07, 6.45) is 4.50. The molecule has 2 fully saturated rings. The van der Waals surface area contributed by atoms with Crippen LogP contribution >= 0.6 is 0 Å². The highest BCUT2D eigenvalue weighted by atomic mass is 16.5. The Labute approximate surface area is 153 Å². The molecule has 6 heteroatoms. The fourth-order valence-electron chi connectivity index (χ4n) is 3.86. The van der Waals surface area contributed by atoms with Crippen LogP contribution in [0.4, 0.5) is 0 Å². The zero-order valence-corrected chi connectivity index (χ0v) is 15.0. The zero-order chi connectivity index (χ0) is 17.9. The molecule has 0 bridgehead atoms. The topological polar surface area (TPSA) is 58.6 Å². The molecule has 0 spiro atoms. The number of nitrogens with zero attached hydrogens (tertiary/aromatic N) is 4. The molecule has 2 aromatic rings. The van der Waals surface area contributed by atoms with Crippen molar-refractivity contribution in [3.05, 3.63) is 59.7 Å². The number of pyridine rings is 2. The second-order valence-corrected chi connectivity index (χ2v) is 7.08. The fourth-order valence-corrected chi connectivity index (χ4v) is 3.86. The Morgan fingerprint density at radius 3 is 2.96 bits per heavy atom. The van der Waals surface area contributed by atoms with Crippen LogP contribution in [0.15, 0.2) is 42.7 Å². The van der Waals surface area contributed by atoms with Crippen LogP contribution in [-0.2, 0) is 11.3 Å². The smallest absolute Gasteiger partial charge is 0.255 e. The molecule has 4 heterocycles. The molecule has 0 saturated carbocycles. The summed E-state index contributed by atoms with van der Waals surface area (Å²) in [6.45, 7) is 5.90. The van der Waals surface area contributed by atoms with Gasteiger partial charge in [-0.25, -0.2) is 0 Å². The van der Waals surface area contributed by atoms with Crippen LogP contribution in [0.2, 0.25) is 0 Å². The third-order valence-electron chi connectivity index (χ3n) is 5.19. The first-order valence-electron chi connectivity index (χ1n) is 9.16. The van der Waals surface area contributed by atoms with E-state index >= 15 is 0 Å². The van der Waals surface area contributed by atoms with Crippen LogP contribution in [0.25, 0.3) is 0 Å². The van der Waals surface area contributed by atoms with E-state index in [2.05, 4.69) is 14.9 Å². The number of ether oxygens (including phenoxy) is 1. The van der Waals surface area contributed by atoms with Crippen LogP contribution in [0.3, 0.4) is 0 Å². The van der Waals surface area contributed by atoms with Crippen molar-refractivity contribution in [3.63, 3.8) is 0 Å². The summed E-state index contributed by atoms with van der Waals surface area (Å²) in [5, 5.41) is 0. The van der Waals surface area contributed by atoms with Gasteiger partial charge in [-0.2, -0.15) is 0 Å². The van der Waals surface area contributed by atoms with Crippen LogP contribution in [0, 0.1) is 6.92 Å². The highest BCUT2D eigenvalue weighted by molar-refractivity contribution is 5.94. The minimum atomic E-state index is 0.0751. The number of fused-ring (bicyclic) bond motifs is 1. The number of carbonyl (C=O) groups excluding carboxylic acids is 1. The summed E-state index contributed by atoms with van der Waals surface area (Å²) in [5.41, 5.74) is 2.65. The Bertz CT molecular complexity index is 767. The lowest BCUT2D eigenvalue weighted by atomic mass is 10.1. The monoisotopic (exact) mass is 352 g/mol. The molecule has 2 saturated heterocycles. The average Bonchev–Trinajstić information content (AvgIpc) is 3.08. The van der Waals surface area contributed by atoms with E-state index in [0.29, 0.717) is 18.2 Å². The number of piperazine rings is 1. The first-order valence-corrected chi connectivity index (χ1v) is 9.16. The summed E-state index contributed by atoms with van der Waals surface area (Å²) in [7, 11) is 0. The second-order valence-electron chi connectivity index (χ2n) is 7.08. The summed E-state index contributed by atoms with van der Waals surface area (Å²) < 4.78 is 6.10. The lowest BCUT2D eigenvalue weighted by Crippen LogP contribution is -2.52. The number of aryl methyl sites for hydroxylation is 1. The molecule has 0 N–H and O–H groups in total. The number of rotatable bonds is 4. The molecule has 2 aliphatic heterocycles. The molecule has 2 aliphatic rings. The van der Waals surface area contributed by atoms with Gasteiger partial charge in [0.2, 0.25) is 0 Å². The van der Waals surface area contributed by atoms with Gasteiger partial charge < -0.3 is 9.64 Å². The Morgan fingerprint density at radius 2 is 2.15 bits per heavy atom. The van der Waals surface area contributed by atoms with E-state index in [1.807, 2.05) is 42.2 Å². The predicted octanol–water partition coefficient (Wildman–Crippen LogP) is 1.90. The molecule has 1 amide bonds. The third-order valence-corrected chi connectivity index (χ3v) is 5.19. The van der Waals surface area contributed by atoms with E-state index in [0.717, 1.165) is 44.0 Å². The van der Waals surface area contributed by atoms with E-state index in [1.165, 1.54) is 0 Å². The molecular weight excluding hydrogens is 328 g/mol. The largest absolute Gasteiger partial charge is 0.371 e. The number of aromatic nitrogens is 2. The normalized spacial score (nSPS) is 23.0. The van der Waals surface area contributed by atoms with Gasteiger partial charge in [0.1, 0.15) is 0 Å². The van der Waals surface area contributed by atoms with Gasteiger partial charge in [0.05, 0.1) is 24.0 Å². The van der Waals surface area contributed by atoms with Gasteiger partial charge in [0.25, 0.3) is 5.91 Å². The van der Waals surface area contributed by atoms with Gasteiger partial charge in [0, 0.05) is 50.3 Å². The van der Waals surface area contributed by atoms with Gasteiger partial charge in [-0.15, -0.1) is 0 Å². The minimum absolute atomic E-state index is 0.0751. The quantitative estimate of drug-likeness (QED) is 0.841. The highest BCUT2D eigenvalue weighted by Gasteiger charge is 2.38. The molecule has 26 heavy (non-hydrogen) atoms. The van der Waals surface area contributed by atoms with Gasteiger partial charge in [-0.3, -0.25) is 19.7 Å². The maximum atomic E-state index is 12.6. The number of carbonyl (C=O) groups is 1. The maximum absolute atomic E-state index is 12.6. The van der Waals surface area contributed by atoms with Crippen molar-refractivity contribution in [2.45, 2.75) is 32.1 Å². The van der Waals surface area contributed by atoms with Gasteiger partial charge in [0.15, 0.2) is 0 Å². The third kappa shape index (κ3) is 3.76. The standard InChI is InChI=1S/C20H24N4O2/c1-15-4-2-6-17(22-15)14-26-19-10-18-12-24(9-8-23(18)13-19)20(25)16-5-3-7-21-11-16/h2-7,11,18-19H,8-10,12-14H2,1H3/t18-,19+/m0/s1. The Kier molecular flexibility index (Phi) is 4.95. The van der Waals surface area contributed by atoms with Gasteiger partial charge >= 0.3 is 0 Å². The van der Waals surface area contributed by atoms with Crippen LogP contribution in [0.5, 0.6) is 0 Å². The number of hydrogen-bond acceptors (Lipinski definition) is 5. The van der Waals surface area contributed by atoms with E-state index in [4.69, 9.17) is 4.74 Å². The van der Waals surface area contributed by atoms with E-state index < -0.39 is 0 Å². The lowest BCUT2D eigenvalue weighted by molar-refractivity contribution is 0.0434. The van der Waals surface area contributed by atoms with Crippen molar-refractivity contribution in [2.24, 2.45) is 0 Å². The molecule has 0 radical (unpaired) electrons. The average molecular weight is 352 g/mol. The van der Waals surface area contributed by atoms with Gasteiger partial charge in [-0.05, 0) is 37.6 Å². The van der Waals surface area contributed by atoms with E-state index in [9.17, 15) is 4.79 Å². The first kappa shape index (κ1) is 17.1.